The minimum absolute atomic E-state index is 0.0268. The Morgan fingerprint density at radius 2 is 1.57 bits per heavy atom. The Bertz CT molecular complexity index is 900. The van der Waals surface area contributed by atoms with Crippen LogP contribution in [0.2, 0.25) is 20.4 Å². The van der Waals surface area contributed by atoms with Gasteiger partial charge < -0.3 is 0 Å². The van der Waals surface area contributed by atoms with Crippen LogP contribution in [0.15, 0.2) is 18.5 Å². The molecule has 0 aliphatic carbocycles. The van der Waals surface area contributed by atoms with Crippen molar-refractivity contribution in [2.45, 2.75) is 6.18 Å². The molecule has 0 N–H and O–H groups in total. The number of hydrogen-bond acceptors (Lipinski definition) is 3. The molecule has 0 spiro atoms. The first kappa shape index (κ1) is 16.6. The summed E-state index contributed by atoms with van der Waals surface area (Å²) < 4.78 is 39.6. The minimum atomic E-state index is -4.59. The van der Waals surface area contributed by atoms with Crippen LogP contribution in [0, 0.1) is 0 Å². The second-order valence-electron chi connectivity index (χ2n) is 4.35. The van der Waals surface area contributed by atoms with Crippen molar-refractivity contribution in [3.63, 3.8) is 0 Å². The fraction of sp³-hybridized carbons (Fsp3) is 0.0833. The third-order valence-electron chi connectivity index (χ3n) is 2.95. The molecule has 0 radical (unpaired) electrons. The van der Waals surface area contributed by atoms with Gasteiger partial charge in [0.1, 0.15) is 16.6 Å². The third kappa shape index (κ3) is 2.82. The molecule has 0 aliphatic rings. The zero-order valence-electron chi connectivity index (χ0n) is 10.7. The van der Waals surface area contributed by atoms with Crippen molar-refractivity contribution < 1.29 is 13.2 Å². The van der Waals surface area contributed by atoms with E-state index in [0.29, 0.717) is 0 Å². The van der Waals surface area contributed by atoms with Crippen LogP contribution in [0.1, 0.15) is 5.56 Å². The van der Waals surface area contributed by atoms with Crippen LogP contribution in [-0.4, -0.2) is 19.6 Å². The molecule has 4 nitrogen and oxygen atoms in total. The Morgan fingerprint density at radius 1 is 0.957 bits per heavy atom. The Labute approximate surface area is 146 Å². The molecule has 11 heteroatoms. The summed E-state index contributed by atoms with van der Waals surface area (Å²) >= 11 is 24.2. The van der Waals surface area contributed by atoms with Crippen LogP contribution >= 0.6 is 46.4 Å². The number of nitrogens with zero attached hydrogens (tertiary/aromatic N) is 4. The van der Waals surface area contributed by atoms with Crippen LogP contribution in [0.25, 0.3) is 16.9 Å². The van der Waals surface area contributed by atoms with E-state index in [9.17, 15) is 13.2 Å². The first-order valence-corrected chi connectivity index (χ1v) is 7.32. The topological polar surface area (TPSA) is 43.1 Å². The number of benzene rings is 1. The minimum Gasteiger partial charge on any atom is -0.198 e. The summed E-state index contributed by atoms with van der Waals surface area (Å²) in [4.78, 5) is 7.78. The van der Waals surface area contributed by atoms with Crippen LogP contribution < -0.4 is 0 Å². The monoisotopic (exact) mass is 400 g/mol. The molecular formula is C12H3Cl4F3N4. The van der Waals surface area contributed by atoms with E-state index in [1.54, 1.807) is 0 Å². The van der Waals surface area contributed by atoms with Crippen molar-refractivity contribution in [3.05, 3.63) is 44.4 Å². The van der Waals surface area contributed by atoms with E-state index in [4.69, 9.17) is 46.4 Å². The second-order valence-corrected chi connectivity index (χ2v) is 5.88. The van der Waals surface area contributed by atoms with Crippen molar-refractivity contribution in [2.75, 3.05) is 0 Å². The highest BCUT2D eigenvalue weighted by atomic mass is 35.5. The predicted molar refractivity (Wildman–Crippen MR) is 81.3 cm³/mol. The van der Waals surface area contributed by atoms with E-state index in [0.717, 1.165) is 16.6 Å². The molecule has 0 saturated heterocycles. The Morgan fingerprint density at radius 3 is 2.13 bits per heavy atom. The predicted octanol–water partition coefficient (Wildman–Crippen LogP) is 5.42. The molecule has 3 rings (SSSR count). The maximum Gasteiger partial charge on any atom is 0.416 e. The average molecular weight is 402 g/mol. The standard InChI is InChI=1S/C12H3Cl4F3N4/c13-5-1-4(12(17,18)19)2-6(14)7(5)8-9(15)22-11-20-3-21-23(11)10(8)16/h1-3H. The molecule has 120 valence electrons. The Balaban J connectivity index is 2.31. The molecule has 1 aromatic carbocycles. The lowest BCUT2D eigenvalue weighted by Crippen LogP contribution is -2.05. The lowest BCUT2D eigenvalue weighted by Gasteiger charge is -2.14. The van der Waals surface area contributed by atoms with Gasteiger partial charge >= 0.3 is 6.18 Å². The van der Waals surface area contributed by atoms with Crippen molar-refractivity contribution in [2.24, 2.45) is 0 Å². The second kappa shape index (κ2) is 5.66. The van der Waals surface area contributed by atoms with Crippen molar-refractivity contribution in [1.82, 2.24) is 19.6 Å². The summed E-state index contributed by atoms with van der Waals surface area (Å²) in [6, 6.07) is 1.47. The number of aromatic nitrogens is 4. The number of halogens is 7. The molecule has 0 fully saturated rings. The Kier molecular flexibility index (Phi) is 4.08. The van der Waals surface area contributed by atoms with E-state index in [1.165, 1.54) is 6.33 Å². The average Bonchev–Trinajstić information content (AvgIpc) is 2.88. The summed E-state index contributed by atoms with van der Waals surface area (Å²) in [5, 5.41) is 3.17. The van der Waals surface area contributed by atoms with Crippen molar-refractivity contribution in [1.29, 1.82) is 0 Å². The number of hydrogen-bond donors (Lipinski definition) is 0. The molecule has 23 heavy (non-hydrogen) atoms. The SMILES string of the molecule is FC(F)(F)c1cc(Cl)c(-c2c(Cl)nc3ncnn3c2Cl)c(Cl)c1. The highest BCUT2D eigenvalue weighted by Gasteiger charge is 2.33. The fourth-order valence-corrected chi connectivity index (χ4v) is 3.25. The molecule has 0 saturated carbocycles. The molecule has 2 aromatic heterocycles. The summed E-state index contributed by atoms with van der Waals surface area (Å²) in [5.41, 5.74) is -0.894. The van der Waals surface area contributed by atoms with Crippen LogP contribution in [0.5, 0.6) is 0 Å². The first-order valence-electron chi connectivity index (χ1n) is 5.81. The van der Waals surface area contributed by atoms with Gasteiger partial charge in [-0.05, 0) is 12.1 Å². The van der Waals surface area contributed by atoms with Gasteiger partial charge in [0.15, 0.2) is 0 Å². The van der Waals surface area contributed by atoms with Gasteiger partial charge in [0.25, 0.3) is 5.78 Å². The van der Waals surface area contributed by atoms with Crippen molar-refractivity contribution >= 4 is 52.2 Å². The van der Waals surface area contributed by atoms with Gasteiger partial charge in [-0.3, -0.25) is 0 Å². The smallest absolute Gasteiger partial charge is 0.198 e. The van der Waals surface area contributed by atoms with Gasteiger partial charge in [-0.25, -0.2) is 0 Å². The highest BCUT2D eigenvalue weighted by molar-refractivity contribution is 6.43. The summed E-state index contributed by atoms with van der Waals surface area (Å²) in [5.74, 6) is 0.128. The lowest BCUT2D eigenvalue weighted by atomic mass is 10.1. The molecule has 0 aliphatic heterocycles. The number of alkyl halides is 3. The van der Waals surface area contributed by atoms with E-state index >= 15 is 0 Å². The lowest BCUT2D eigenvalue weighted by molar-refractivity contribution is -0.137. The zero-order valence-corrected chi connectivity index (χ0v) is 13.7. The van der Waals surface area contributed by atoms with Gasteiger partial charge in [-0.15, -0.1) is 0 Å². The fourth-order valence-electron chi connectivity index (χ4n) is 1.97. The third-order valence-corrected chi connectivity index (χ3v) is 4.16. The normalized spacial score (nSPS) is 12.1. The molecule has 0 amide bonds. The maximum atomic E-state index is 12.8. The summed E-state index contributed by atoms with van der Waals surface area (Å²) in [7, 11) is 0. The van der Waals surface area contributed by atoms with Gasteiger partial charge in [-0.2, -0.15) is 32.8 Å². The summed E-state index contributed by atoms with van der Waals surface area (Å²) in [6.45, 7) is 0. The largest absolute Gasteiger partial charge is 0.416 e. The number of fused-ring (bicyclic) bond motifs is 1. The van der Waals surface area contributed by atoms with Gasteiger partial charge in [0.2, 0.25) is 0 Å². The van der Waals surface area contributed by atoms with Gasteiger partial charge in [0, 0.05) is 5.56 Å². The van der Waals surface area contributed by atoms with E-state index in [-0.39, 0.29) is 37.3 Å². The molecule has 0 unspecified atom stereocenters. The Hall–Kier alpha value is -1.28. The maximum absolute atomic E-state index is 12.8. The quantitative estimate of drug-likeness (QED) is 0.511. The van der Waals surface area contributed by atoms with Crippen LogP contribution in [0.3, 0.4) is 0 Å². The molecule has 0 bridgehead atoms. The number of rotatable bonds is 1. The van der Waals surface area contributed by atoms with Gasteiger partial charge in [0.05, 0.1) is 21.2 Å². The van der Waals surface area contributed by atoms with E-state index in [1.807, 2.05) is 0 Å². The summed E-state index contributed by atoms with van der Waals surface area (Å²) in [6.07, 6.45) is -3.39. The van der Waals surface area contributed by atoms with E-state index in [2.05, 4.69) is 15.1 Å². The molecular weight excluding hydrogens is 399 g/mol. The highest BCUT2D eigenvalue weighted by Crippen LogP contribution is 2.44. The van der Waals surface area contributed by atoms with Crippen LogP contribution in [-0.2, 0) is 6.18 Å². The first-order chi connectivity index (χ1) is 10.7. The van der Waals surface area contributed by atoms with Gasteiger partial charge in [-0.1, -0.05) is 46.4 Å². The molecule has 2 heterocycles. The van der Waals surface area contributed by atoms with E-state index < -0.39 is 11.7 Å². The van der Waals surface area contributed by atoms with Crippen LogP contribution in [0.4, 0.5) is 13.2 Å². The zero-order chi connectivity index (χ0) is 16.9. The molecule has 0 atom stereocenters. The van der Waals surface area contributed by atoms with Crippen molar-refractivity contribution in [3.8, 4) is 11.1 Å². The molecule has 3 aromatic rings.